The minimum absolute atomic E-state index is 0.201. The zero-order chi connectivity index (χ0) is 14.7. The van der Waals surface area contributed by atoms with Crippen molar-refractivity contribution in [2.45, 2.75) is 19.3 Å². The van der Waals surface area contributed by atoms with Crippen molar-refractivity contribution in [1.29, 1.82) is 0 Å². The maximum absolute atomic E-state index is 12.1. The molecule has 2 heterocycles. The summed E-state index contributed by atoms with van der Waals surface area (Å²) >= 11 is 0. The largest absolute Gasteiger partial charge is 0.361 e. The summed E-state index contributed by atoms with van der Waals surface area (Å²) in [5, 5.41) is 1.25. The van der Waals surface area contributed by atoms with Crippen LogP contribution < -0.4 is 0 Å². The Balaban J connectivity index is 1.52. The highest BCUT2D eigenvalue weighted by molar-refractivity contribution is 7.85. The molecule has 1 aliphatic heterocycles. The number of hydrogen-bond donors (Lipinski definition) is 1. The molecule has 4 nitrogen and oxygen atoms in total. The number of carbonyl (C=O) groups excluding carboxylic acids is 1. The Morgan fingerprint density at radius 2 is 2.00 bits per heavy atom. The molecule has 1 aromatic heterocycles. The lowest BCUT2D eigenvalue weighted by atomic mass is 10.1. The summed E-state index contributed by atoms with van der Waals surface area (Å²) in [6.07, 6.45) is 4.39. The quantitative estimate of drug-likeness (QED) is 0.940. The van der Waals surface area contributed by atoms with Gasteiger partial charge in [0, 0.05) is 58.9 Å². The summed E-state index contributed by atoms with van der Waals surface area (Å²) in [4.78, 5) is 17.2. The molecule has 21 heavy (non-hydrogen) atoms. The Labute approximate surface area is 127 Å². The molecule has 1 fully saturated rings. The van der Waals surface area contributed by atoms with Gasteiger partial charge in [-0.05, 0) is 24.5 Å². The Kier molecular flexibility index (Phi) is 4.39. The first-order chi connectivity index (χ1) is 10.2. The number of benzene rings is 1. The summed E-state index contributed by atoms with van der Waals surface area (Å²) < 4.78 is 11.3. The van der Waals surface area contributed by atoms with Crippen LogP contribution in [0.2, 0.25) is 0 Å². The number of hydrogen-bond acceptors (Lipinski definition) is 2. The lowest BCUT2D eigenvalue weighted by Gasteiger charge is -2.26. The van der Waals surface area contributed by atoms with E-state index in [0.29, 0.717) is 31.0 Å². The molecule has 1 aromatic carbocycles. The fourth-order valence-electron chi connectivity index (χ4n) is 2.81. The molecule has 112 valence electrons. The van der Waals surface area contributed by atoms with Crippen LogP contribution in [0.15, 0.2) is 30.5 Å². The van der Waals surface area contributed by atoms with Crippen LogP contribution >= 0.6 is 0 Å². The van der Waals surface area contributed by atoms with Gasteiger partial charge in [0.15, 0.2) is 0 Å². The van der Waals surface area contributed by atoms with Crippen molar-refractivity contribution in [3.05, 3.63) is 36.0 Å². The van der Waals surface area contributed by atoms with Gasteiger partial charge >= 0.3 is 0 Å². The van der Waals surface area contributed by atoms with Crippen molar-refractivity contribution in [1.82, 2.24) is 9.88 Å². The van der Waals surface area contributed by atoms with Crippen molar-refractivity contribution >= 4 is 27.6 Å². The average molecular weight is 304 g/mol. The molecular formula is C16H20N2O2S. The number of nitrogens with one attached hydrogen (secondary N) is 1. The highest BCUT2D eigenvalue weighted by atomic mass is 32.2. The summed E-state index contributed by atoms with van der Waals surface area (Å²) in [5.74, 6) is 1.47. The number of rotatable bonds is 4. The number of amides is 1. The minimum Gasteiger partial charge on any atom is -0.361 e. The summed E-state index contributed by atoms with van der Waals surface area (Å²) in [6, 6.07) is 8.24. The maximum atomic E-state index is 12.1. The molecule has 5 heteroatoms. The molecule has 3 rings (SSSR count). The SMILES string of the molecule is O=C(CCCc1c[nH]c2ccccc12)N1CCS(=O)CC1. The highest BCUT2D eigenvalue weighted by Crippen LogP contribution is 2.19. The first kappa shape index (κ1) is 14.3. The predicted molar refractivity (Wildman–Crippen MR) is 85.7 cm³/mol. The van der Waals surface area contributed by atoms with Gasteiger partial charge in [-0.15, -0.1) is 0 Å². The van der Waals surface area contributed by atoms with Crippen LogP contribution in [-0.2, 0) is 22.0 Å². The Bertz CT molecular complexity index is 655. The molecule has 1 saturated heterocycles. The lowest BCUT2D eigenvalue weighted by Crippen LogP contribution is -2.41. The number of carbonyl (C=O) groups is 1. The maximum Gasteiger partial charge on any atom is 0.222 e. The number of fused-ring (bicyclic) bond motifs is 1. The van der Waals surface area contributed by atoms with Gasteiger partial charge in [-0.1, -0.05) is 18.2 Å². The Morgan fingerprint density at radius 3 is 2.81 bits per heavy atom. The second kappa shape index (κ2) is 6.43. The van der Waals surface area contributed by atoms with Gasteiger partial charge in [-0.2, -0.15) is 0 Å². The standard InChI is InChI=1S/C16H20N2O2S/c19-16(18-8-10-21(20)11-9-18)7-3-4-13-12-17-15-6-2-1-5-14(13)15/h1-2,5-6,12,17H,3-4,7-11H2. The third-order valence-corrected chi connectivity index (χ3v) is 5.32. The first-order valence-electron chi connectivity index (χ1n) is 7.42. The first-order valence-corrected chi connectivity index (χ1v) is 8.90. The summed E-state index contributed by atoms with van der Waals surface area (Å²) in [6.45, 7) is 1.30. The minimum atomic E-state index is -0.721. The molecule has 0 spiro atoms. The van der Waals surface area contributed by atoms with E-state index in [9.17, 15) is 9.00 Å². The molecular weight excluding hydrogens is 284 g/mol. The predicted octanol–water partition coefficient (Wildman–Crippen LogP) is 2.08. The van der Waals surface area contributed by atoms with Crippen molar-refractivity contribution < 1.29 is 9.00 Å². The molecule has 0 atom stereocenters. The number of H-pyrrole nitrogens is 1. The van der Waals surface area contributed by atoms with Gasteiger partial charge in [0.25, 0.3) is 0 Å². The molecule has 0 bridgehead atoms. The van der Waals surface area contributed by atoms with E-state index in [2.05, 4.69) is 17.1 Å². The third kappa shape index (κ3) is 3.35. The molecule has 1 N–H and O–H groups in total. The van der Waals surface area contributed by atoms with Crippen LogP contribution in [-0.4, -0.2) is 44.6 Å². The van der Waals surface area contributed by atoms with Crippen molar-refractivity contribution in [3.63, 3.8) is 0 Å². The van der Waals surface area contributed by atoms with Crippen LogP contribution in [0.4, 0.5) is 0 Å². The van der Waals surface area contributed by atoms with E-state index in [1.807, 2.05) is 23.2 Å². The van der Waals surface area contributed by atoms with Crippen molar-refractivity contribution in [3.8, 4) is 0 Å². The van der Waals surface area contributed by atoms with E-state index in [1.165, 1.54) is 10.9 Å². The molecule has 1 aliphatic rings. The number of aromatic amines is 1. The van der Waals surface area contributed by atoms with E-state index in [4.69, 9.17) is 0 Å². The fraction of sp³-hybridized carbons (Fsp3) is 0.438. The molecule has 0 radical (unpaired) electrons. The fourth-order valence-corrected chi connectivity index (χ4v) is 3.87. The van der Waals surface area contributed by atoms with E-state index in [1.54, 1.807) is 0 Å². The van der Waals surface area contributed by atoms with Crippen molar-refractivity contribution in [2.75, 3.05) is 24.6 Å². The van der Waals surface area contributed by atoms with Gasteiger partial charge in [-0.3, -0.25) is 9.00 Å². The Hall–Kier alpha value is -1.62. The normalized spacial score (nSPS) is 16.5. The third-order valence-electron chi connectivity index (χ3n) is 4.04. The number of aromatic nitrogens is 1. The van der Waals surface area contributed by atoms with Gasteiger partial charge in [0.2, 0.25) is 5.91 Å². The number of para-hydroxylation sites is 1. The molecule has 0 aliphatic carbocycles. The van der Waals surface area contributed by atoms with E-state index in [-0.39, 0.29) is 5.91 Å². The zero-order valence-electron chi connectivity index (χ0n) is 12.0. The molecule has 0 unspecified atom stereocenters. The number of nitrogens with zero attached hydrogens (tertiary/aromatic N) is 1. The smallest absolute Gasteiger partial charge is 0.222 e. The van der Waals surface area contributed by atoms with Gasteiger partial charge in [0.1, 0.15) is 0 Å². The van der Waals surface area contributed by atoms with Gasteiger partial charge in [0.05, 0.1) is 0 Å². The summed E-state index contributed by atoms with van der Waals surface area (Å²) in [5.41, 5.74) is 2.43. The molecule has 1 amide bonds. The van der Waals surface area contributed by atoms with Crippen LogP contribution in [0.25, 0.3) is 10.9 Å². The second-order valence-corrected chi connectivity index (χ2v) is 7.14. The topological polar surface area (TPSA) is 53.2 Å². The van der Waals surface area contributed by atoms with E-state index >= 15 is 0 Å². The zero-order valence-corrected chi connectivity index (χ0v) is 12.8. The highest BCUT2D eigenvalue weighted by Gasteiger charge is 2.19. The van der Waals surface area contributed by atoms with E-state index in [0.717, 1.165) is 18.4 Å². The van der Waals surface area contributed by atoms with Crippen LogP contribution in [0.1, 0.15) is 18.4 Å². The molecule has 0 saturated carbocycles. The Morgan fingerprint density at radius 1 is 1.24 bits per heavy atom. The lowest BCUT2D eigenvalue weighted by molar-refractivity contribution is -0.130. The second-order valence-electron chi connectivity index (χ2n) is 5.44. The van der Waals surface area contributed by atoms with E-state index < -0.39 is 10.8 Å². The van der Waals surface area contributed by atoms with Crippen LogP contribution in [0, 0.1) is 0 Å². The van der Waals surface area contributed by atoms with Crippen LogP contribution in [0.3, 0.4) is 0 Å². The van der Waals surface area contributed by atoms with Crippen molar-refractivity contribution in [2.24, 2.45) is 0 Å². The average Bonchev–Trinajstić information content (AvgIpc) is 2.91. The van der Waals surface area contributed by atoms with Gasteiger partial charge in [-0.25, -0.2) is 0 Å². The molecule has 2 aromatic rings. The van der Waals surface area contributed by atoms with Gasteiger partial charge < -0.3 is 9.88 Å². The van der Waals surface area contributed by atoms with Crippen LogP contribution in [0.5, 0.6) is 0 Å². The monoisotopic (exact) mass is 304 g/mol. The summed E-state index contributed by atoms with van der Waals surface area (Å²) in [7, 11) is -0.721. The number of aryl methyl sites for hydroxylation is 1.